The molecule has 124 valence electrons. The van der Waals surface area contributed by atoms with E-state index in [-0.39, 0.29) is 18.3 Å². The smallest absolute Gasteiger partial charge is 0.408 e. The number of halogens is 2. The zero-order chi connectivity index (χ0) is 17.0. The summed E-state index contributed by atoms with van der Waals surface area (Å²) in [6.07, 6.45) is -0.516. The summed E-state index contributed by atoms with van der Waals surface area (Å²) in [5, 5.41) is 2.74. The van der Waals surface area contributed by atoms with Gasteiger partial charge in [-0.1, -0.05) is 0 Å². The third kappa shape index (κ3) is 6.52. The van der Waals surface area contributed by atoms with Crippen LogP contribution in [0.2, 0.25) is 0 Å². The number of benzene rings is 1. The first-order valence-corrected chi connectivity index (χ1v) is 7.54. The van der Waals surface area contributed by atoms with Gasteiger partial charge < -0.3 is 14.8 Å². The molecule has 0 saturated carbocycles. The Morgan fingerprint density at radius 3 is 2.45 bits per heavy atom. The molecular weight excluding hydrogens is 309 g/mol. The zero-order valence-corrected chi connectivity index (χ0v) is 14.4. The van der Waals surface area contributed by atoms with Crippen LogP contribution in [0.15, 0.2) is 18.2 Å². The van der Waals surface area contributed by atoms with Crippen molar-refractivity contribution in [3.63, 3.8) is 0 Å². The Bertz CT molecular complexity index is 527. The van der Waals surface area contributed by atoms with Gasteiger partial charge in [-0.25, -0.2) is 9.18 Å². The van der Waals surface area contributed by atoms with Crippen molar-refractivity contribution < 1.29 is 18.7 Å². The van der Waals surface area contributed by atoms with E-state index in [1.807, 2.05) is 0 Å². The van der Waals surface area contributed by atoms with Gasteiger partial charge in [-0.05, 0) is 52.8 Å². The molecule has 0 aliphatic rings. The second-order valence-electron chi connectivity index (χ2n) is 6.69. The number of ether oxygens (including phenoxy) is 2. The van der Waals surface area contributed by atoms with Gasteiger partial charge >= 0.3 is 6.09 Å². The maximum absolute atomic E-state index is 13.2. The van der Waals surface area contributed by atoms with Gasteiger partial charge in [0.25, 0.3) is 0 Å². The van der Waals surface area contributed by atoms with E-state index >= 15 is 0 Å². The second kappa shape index (κ2) is 7.18. The minimum absolute atomic E-state index is 0.146. The van der Waals surface area contributed by atoms with Crippen LogP contribution in [-0.2, 0) is 10.6 Å². The number of rotatable bonds is 5. The predicted molar refractivity (Wildman–Crippen MR) is 84.9 cm³/mol. The molecule has 0 heterocycles. The first-order valence-electron chi connectivity index (χ1n) is 7.01. The summed E-state index contributed by atoms with van der Waals surface area (Å²) in [6.45, 7) is 9.19. The average molecular weight is 332 g/mol. The zero-order valence-electron chi connectivity index (χ0n) is 13.6. The lowest BCUT2D eigenvalue weighted by Crippen LogP contribution is -2.49. The average Bonchev–Trinajstić information content (AvgIpc) is 2.34. The van der Waals surface area contributed by atoms with Crippen LogP contribution in [0.3, 0.4) is 0 Å². The van der Waals surface area contributed by atoms with Crippen LogP contribution in [0.4, 0.5) is 9.18 Å². The highest BCUT2D eigenvalue weighted by Crippen LogP contribution is 2.22. The molecule has 0 radical (unpaired) electrons. The molecule has 22 heavy (non-hydrogen) atoms. The highest BCUT2D eigenvalue weighted by Gasteiger charge is 2.25. The Morgan fingerprint density at radius 2 is 1.91 bits per heavy atom. The van der Waals surface area contributed by atoms with E-state index in [1.54, 1.807) is 34.6 Å². The minimum atomic E-state index is -0.652. The lowest BCUT2D eigenvalue weighted by atomic mass is 10.1. The maximum Gasteiger partial charge on any atom is 0.408 e. The van der Waals surface area contributed by atoms with Crippen LogP contribution in [-0.4, -0.2) is 23.8 Å². The Hall–Kier alpha value is -1.49. The first-order chi connectivity index (χ1) is 10.0. The summed E-state index contributed by atoms with van der Waals surface area (Å²) in [7, 11) is 0. The van der Waals surface area contributed by atoms with Gasteiger partial charge in [0.05, 0.1) is 11.4 Å². The fourth-order valence-electron chi connectivity index (χ4n) is 1.67. The SMILES string of the molecule is CC(C)(COc1ccc(F)cc1CCl)NC(=O)OC(C)(C)C. The molecule has 0 aliphatic heterocycles. The van der Waals surface area contributed by atoms with Gasteiger partial charge in [0, 0.05) is 5.56 Å². The molecule has 1 aromatic carbocycles. The van der Waals surface area contributed by atoms with E-state index in [1.165, 1.54) is 18.2 Å². The number of alkyl halides is 1. The Balaban J connectivity index is 2.64. The minimum Gasteiger partial charge on any atom is -0.491 e. The van der Waals surface area contributed by atoms with Crippen LogP contribution >= 0.6 is 11.6 Å². The van der Waals surface area contributed by atoms with Gasteiger partial charge in [-0.3, -0.25) is 0 Å². The Labute approximate surface area is 135 Å². The summed E-state index contributed by atoms with van der Waals surface area (Å²) in [4.78, 5) is 11.8. The number of alkyl carbamates (subject to hydrolysis) is 1. The molecule has 6 heteroatoms. The molecule has 1 N–H and O–H groups in total. The van der Waals surface area contributed by atoms with Crippen LogP contribution in [0, 0.1) is 5.82 Å². The van der Waals surface area contributed by atoms with Crippen molar-refractivity contribution in [2.45, 2.75) is 51.6 Å². The van der Waals surface area contributed by atoms with Crippen molar-refractivity contribution in [1.29, 1.82) is 0 Å². The molecule has 0 spiro atoms. The summed E-state index contributed by atoms with van der Waals surface area (Å²) in [5.41, 5.74) is -0.654. The van der Waals surface area contributed by atoms with Crippen molar-refractivity contribution in [1.82, 2.24) is 5.32 Å². The van der Waals surface area contributed by atoms with Crippen LogP contribution in [0.25, 0.3) is 0 Å². The summed E-state index contributed by atoms with van der Waals surface area (Å²) in [5.74, 6) is 0.275. The van der Waals surface area contributed by atoms with E-state index in [0.717, 1.165) is 0 Å². The molecule has 0 unspecified atom stereocenters. The molecule has 1 aromatic rings. The quantitative estimate of drug-likeness (QED) is 0.821. The van der Waals surface area contributed by atoms with E-state index in [0.29, 0.717) is 11.3 Å². The second-order valence-corrected chi connectivity index (χ2v) is 6.95. The normalized spacial score (nSPS) is 12.0. The van der Waals surface area contributed by atoms with Crippen LogP contribution in [0.1, 0.15) is 40.2 Å². The summed E-state index contributed by atoms with van der Waals surface area (Å²) >= 11 is 5.77. The lowest BCUT2D eigenvalue weighted by molar-refractivity contribution is 0.0441. The van der Waals surface area contributed by atoms with E-state index in [9.17, 15) is 9.18 Å². The molecule has 0 aliphatic carbocycles. The highest BCUT2D eigenvalue weighted by molar-refractivity contribution is 6.17. The number of amides is 1. The fourth-order valence-corrected chi connectivity index (χ4v) is 1.88. The summed E-state index contributed by atoms with van der Waals surface area (Å²) < 4.78 is 24.0. The Morgan fingerprint density at radius 1 is 1.27 bits per heavy atom. The van der Waals surface area contributed by atoms with E-state index in [4.69, 9.17) is 21.1 Å². The first kappa shape index (κ1) is 18.6. The highest BCUT2D eigenvalue weighted by atomic mass is 35.5. The number of hydrogen-bond acceptors (Lipinski definition) is 3. The monoisotopic (exact) mass is 331 g/mol. The number of carbonyl (C=O) groups is 1. The Kier molecular flexibility index (Phi) is 6.06. The standard InChI is InChI=1S/C16H23ClFNO3/c1-15(2,3)22-14(20)19-16(4,5)10-21-13-7-6-12(18)8-11(13)9-17/h6-8H,9-10H2,1-5H3,(H,19,20). The van der Waals surface area contributed by atoms with Gasteiger partial charge in [-0.2, -0.15) is 0 Å². The molecule has 4 nitrogen and oxygen atoms in total. The van der Waals surface area contributed by atoms with Crippen molar-refractivity contribution in [3.05, 3.63) is 29.6 Å². The van der Waals surface area contributed by atoms with Gasteiger partial charge in [-0.15, -0.1) is 11.6 Å². The molecule has 0 aromatic heterocycles. The molecular formula is C16H23ClFNO3. The third-order valence-corrected chi connectivity index (χ3v) is 2.88. The van der Waals surface area contributed by atoms with Gasteiger partial charge in [0.2, 0.25) is 0 Å². The van der Waals surface area contributed by atoms with E-state index in [2.05, 4.69) is 5.32 Å². The molecule has 1 rings (SSSR count). The molecule has 0 atom stereocenters. The molecule has 0 saturated heterocycles. The number of nitrogens with one attached hydrogen (secondary N) is 1. The number of hydrogen-bond donors (Lipinski definition) is 1. The topological polar surface area (TPSA) is 47.6 Å². The third-order valence-electron chi connectivity index (χ3n) is 2.59. The largest absolute Gasteiger partial charge is 0.491 e. The van der Waals surface area contributed by atoms with Crippen molar-refractivity contribution in [2.75, 3.05) is 6.61 Å². The van der Waals surface area contributed by atoms with Crippen molar-refractivity contribution >= 4 is 17.7 Å². The predicted octanol–water partition coefficient (Wildman–Crippen LogP) is 4.25. The maximum atomic E-state index is 13.2. The van der Waals surface area contributed by atoms with Gasteiger partial charge in [0.15, 0.2) is 0 Å². The number of carbonyl (C=O) groups excluding carboxylic acids is 1. The van der Waals surface area contributed by atoms with Crippen LogP contribution in [0.5, 0.6) is 5.75 Å². The fraction of sp³-hybridized carbons (Fsp3) is 0.562. The lowest BCUT2D eigenvalue weighted by Gasteiger charge is -2.28. The molecule has 0 bridgehead atoms. The van der Waals surface area contributed by atoms with Crippen molar-refractivity contribution in [2.24, 2.45) is 0 Å². The van der Waals surface area contributed by atoms with Crippen molar-refractivity contribution in [3.8, 4) is 5.75 Å². The van der Waals surface area contributed by atoms with Gasteiger partial charge in [0.1, 0.15) is 23.8 Å². The van der Waals surface area contributed by atoms with E-state index < -0.39 is 17.2 Å². The van der Waals surface area contributed by atoms with Crippen LogP contribution < -0.4 is 10.1 Å². The molecule has 1 amide bonds. The molecule has 0 fully saturated rings. The summed E-state index contributed by atoms with van der Waals surface area (Å²) in [6, 6.07) is 4.16.